The molecular formula is C15H19ClN2O3. The van der Waals surface area contributed by atoms with Crippen molar-refractivity contribution in [2.24, 2.45) is 0 Å². The topological polar surface area (TPSA) is 69.6 Å². The molecule has 0 bridgehead atoms. The molecule has 0 unspecified atom stereocenters. The second-order valence-corrected chi connectivity index (χ2v) is 5.54. The molecule has 1 aromatic rings. The molecule has 1 aliphatic carbocycles. The average Bonchev–Trinajstić information content (AvgIpc) is 2.37. The van der Waals surface area contributed by atoms with Gasteiger partial charge in [-0.15, -0.1) is 0 Å². The molecule has 6 heteroatoms. The van der Waals surface area contributed by atoms with Gasteiger partial charge in [-0.05, 0) is 25.0 Å². The van der Waals surface area contributed by atoms with Crippen LogP contribution in [0.5, 0.6) is 0 Å². The van der Waals surface area contributed by atoms with Gasteiger partial charge in [0, 0.05) is 12.6 Å². The number of benzene rings is 1. The first-order valence-corrected chi connectivity index (χ1v) is 7.43. The Morgan fingerprint density at radius 1 is 1.33 bits per heavy atom. The molecular weight excluding hydrogens is 292 g/mol. The molecule has 0 aliphatic heterocycles. The number of nitrogens with zero attached hydrogens (tertiary/aromatic N) is 1. The molecule has 0 radical (unpaired) electrons. The molecule has 1 saturated carbocycles. The van der Waals surface area contributed by atoms with E-state index in [1.807, 2.05) is 4.90 Å². The minimum atomic E-state index is -0.497. The van der Waals surface area contributed by atoms with E-state index in [4.69, 9.17) is 16.7 Å². The fourth-order valence-electron chi connectivity index (χ4n) is 2.33. The number of hydrogen-bond donors (Lipinski definition) is 2. The van der Waals surface area contributed by atoms with Crippen molar-refractivity contribution >= 4 is 23.4 Å². The fourth-order valence-corrected chi connectivity index (χ4v) is 2.56. The van der Waals surface area contributed by atoms with Crippen LogP contribution in [0.1, 0.15) is 29.6 Å². The van der Waals surface area contributed by atoms with Crippen LogP contribution in [-0.4, -0.2) is 47.6 Å². The van der Waals surface area contributed by atoms with E-state index in [-0.39, 0.29) is 24.6 Å². The van der Waals surface area contributed by atoms with Gasteiger partial charge in [-0.3, -0.25) is 19.8 Å². The highest BCUT2D eigenvalue weighted by Crippen LogP contribution is 2.24. The third kappa shape index (κ3) is 4.27. The lowest BCUT2D eigenvalue weighted by molar-refractivity contribution is -0.122. The first-order valence-electron chi connectivity index (χ1n) is 7.05. The van der Waals surface area contributed by atoms with Crippen molar-refractivity contribution < 1.29 is 14.7 Å². The van der Waals surface area contributed by atoms with Crippen molar-refractivity contribution in [1.82, 2.24) is 10.2 Å². The molecule has 5 nitrogen and oxygen atoms in total. The Kier molecular flexibility index (Phi) is 5.73. The van der Waals surface area contributed by atoms with Gasteiger partial charge < -0.3 is 5.11 Å². The average molecular weight is 311 g/mol. The molecule has 0 heterocycles. The Morgan fingerprint density at radius 2 is 2.05 bits per heavy atom. The molecule has 21 heavy (non-hydrogen) atoms. The molecule has 2 N–H and O–H groups in total. The zero-order valence-electron chi connectivity index (χ0n) is 11.7. The number of hydrogen-bond acceptors (Lipinski definition) is 4. The lowest BCUT2D eigenvalue weighted by Gasteiger charge is -2.36. The summed E-state index contributed by atoms with van der Waals surface area (Å²) in [7, 11) is 0. The van der Waals surface area contributed by atoms with Crippen molar-refractivity contribution in [2.75, 3.05) is 19.7 Å². The highest BCUT2D eigenvalue weighted by Gasteiger charge is 2.26. The number of carbonyl (C=O) groups is 2. The van der Waals surface area contributed by atoms with Crippen LogP contribution < -0.4 is 5.32 Å². The highest BCUT2D eigenvalue weighted by atomic mass is 35.5. The summed E-state index contributed by atoms with van der Waals surface area (Å²) in [6.07, 6.45) is 3.21. The van der Waals surface area contributed by atoms with Gasteiger partial charge in [-0.25, -0.2) is 0 Å². The van der Waals surface area contributed by atoms with E-state index in [9.17, 15) is 9.59 Å². The molecule has 0 aromatic heterocycles. The molecule has 1 fully saturated rings. The van der Waals surface area contributed by atoms with E-state index in [2.05, 4.69) is 5.32 Å². The Hall–Kier alpha value is -1.43. The number of nitrogens with one attached hydrogen (secondary N) is 1. The zero-order chi connectivity index (χ0) is 15.2. The number of aliphatic hydroxyl groups excluding tert-OH is 1. The molecule has 114 valence electrons. The van der Waals surface area contributed by atoms with Crippen LogP contribution in [0.25, 0.3) is 0 Å². The van der Waals surface area contributed by atoms with Crippen LogP contribution >= 0.6 is 11.6 Å². The summed E-state index contributed by atoms with van der Waals surface area (Å²) in [6.45, 7) is 0.558. The summed E-state index contributed by atoms with van der Waals surface area (Å²) < 4.78 is 0. The molecule has 2 rings (SSSR count). The number of halogens is 1. The Morgan fingerprint density at radius 3 is 2.62 bits per heavy atom. The van der Waals surface area contributed by atoms with E-state index < -0.39 is 5.91 Å². The van der Waals surface area contributed by atoms with Crippen LogP contribution in [0.4, 0.5) is 0 Å². The maximum atomic E-state index is 12.0. The molecule has 0 saturated heterocycles. The van der Waals surface area contributed by atoms with E-state index >= 15 is 0 Å². The van der Waals surface area contributed by atoms with Gasteiger partial charge >= 0.3 is 0 Å². The standard InChI is InChI=1S/C15H19ClN2O3/c16-13-7-2-1-6-12(13)15(21)17-14(20)10-18(8-9-19)11-4-3-5-11/h1-2,6-7,11,19H,3-5,8-10H2,(H,17,20,21). The van der Waals surface area contributed by atoms with Crippen LogP contribution in [0.2, 0.25) is 5.02 Å². The Labute approximate surface area is 128 Å². The summed E-state index contributed by atoms with van der Waals surface area (Å²) in [5, 5.41) is 11.7. The van der Waals surface area contributed by atoms with E-state index in [0.717, 1.165) is 19.3 Å². The maximum Gasteiger partial charge on any atom is 0.259 e. The second-order valence-electron chi connectivity index (χ2n) is 5.14. The van der Waals surface area contributed by atoms with Gasteiger partial charge in [0.05, 0.1) is 23.7 Å². The SMILES string of the molecule is O=C(CN(CCO)C1CCC1)NC(=O)c1ccccc1Cl. The smallest absolute Gasteiger partial charge is 0.259 e. The van der Waals surface area contributed by atoms with Crippen LogP contribution in [0.3, 0.4) is 0 Å². The Bertz CT molecular complexity index is 517. The van der Waals surface area contributed by atoms with Crippen molar-refractivity contribution in [2.45, 2.75) is 25.3 Å². The lowest BCUT2D eigenvalue weighted by Crippen LogP contribution is -2.48. The quantitative estimate of drug-likeness (QED) is 0.834. The third-order valence-corrected chi connectivity index (χ3v) is 4.03. The summed E-state index contributed by atoms with van der Waals surface area (Å²) in [5.41, 5.74) is 0.282. The van der Waals surface area contributed by atoms with Gasteiger partial charge in [0.1, 0.15) is 0 Å². The first kappa shape index (κ1) is 15.9. The summed E-state index contributed by atoms with van der Waals surface area (Å²) in [4.78, 5) is 25.9. The maximum absolute atomic E-state index is 12.0. The molecule has 1 aromatic carbocycles. The minimum Gasteiger partial charge on any atom is -0.395 e. The van der Waals surface area contributed by atoms with Crippen LogP contribution in [0.15, 0.2) is 24.3 Å². The molecule has 0 atom stereocenters. The molecule has 0 spiro atoms. The van der Waals surface area contributed by atoms with Gasteiger partial charge in [0.2, 0.25) is 5.91 Å². The summed E-state index contributed by atoms with van der Waals surface area (Å²) in [6, 6.07) is 6.92. The van der Waals surface area contributed by atoms with Crippen molar-refractivity contribution in [3.63, 3.8) is 0 Å². The third-order valence-electron chi connectivity index (χ3n) is 3.70. The highest BCUT2D eigenvalue weighted by molar-refractivity contribution is 6.34. The van der Waals surface area contributed by atoms with Crippen LogP contribution in [-0.2, 0) is 4.79 Å². The molecule has 2 amide bonds. The van der Waals surface area contributed by atoms with Crippen molar-refractivity contribution in [1.29, 1.82) is 0 Å². The number of imide groups is 1. The summed E-state index contributed by atoms with van der Waals surface area (Å²) in [5.74, 6) is -0.872. The predicted octanol–water partition coefficient (Wildman–Crippen LogP) is 1.44. The number of aliphatic hydroxyl groups is 1. The Balaban J connectivity index is 1.91. The van der Waals surface area contributed by atoms with Crippen molar-refractivity contribution in [3.8, 4) is 0 Å². The zero-order valence-corrected chi connectivity index (χ0v) is 12.5. The second kappa shape index (κ2) is 7.54. The van der Waals surface area contributed by atoms with Gasteiger partial charge in [0.15, 0.2) is 0 Å². The van der Waals surface area contributed by atoms with Gasteiger partial charge in [-0.1, -0.05) is 30.2 Å². The van der Waals surface area contributed by atoms with E-state index in [1.165, 1.54) is 0 Å². The van der Waals surface area contributed by atoms with Gasteiger partial charge in [-0.2, -0.15) is 0 Å². The van der Waals surface area contributed by atoms with Crippen molar-refractivity contribution in [3.05, 3.63) is 34.9 Å². The minimum absolute atomic E-state index is 0.00222. The van der Waals surface area contributed by atoms with E-state index in [1.54, 1.807) is 24.3 Å². The predicted molar refractivity (Wildman–Crippen MR) is 80.2 cm³/mol. The molecule has 1 aliphatic rings. The lowest BCUT2D eigenvalue weighted by atomic mass is 9.91. The fraction of sp³-hybridized carbons (Fsp3) is 0.467. The number of carbonyl (C=O) groups excluding carboxylic acids is 2. The monoisotopic (exact) mass is 310 g/mol. The number of amides is 2. The largest absolute Gasteiger partial charge is 0.395 e. The van der Waals surface area contributed by atoms with E-state index in [0.29, 0.717) is 17.6 Å². The van der Waals surface area contributed by atoms with Crippen LogP contribution in [0, 0.1) is 0 Å². The normalized spacial score (nSPS) is 14.8. The first-order chi connectivity index (χ1) is 10.1. The summed E-state index contributed by atoms with van der Waals surface area (Å²) >= 11 is 5.92. The number of rotatable bonds is 6. The van der Waals surface area contributed by atoms with Gasteiger partial charge in [0.25, 0.3) is 5.91 Å².